The van der Waals surface area contributed by atoms with Crippen LogP contribution in [-0.2, 0) is 18.3 Å². The van der Waals surface area contributed by atoms with Gasteiger partial charge in [-0.15, -0.1) is 0 Å². The van der Waals surface area contributed by atoms with Crippen molar-refractivity contribution >= 4 is 7.82 Å². The molecule has 1 aliphatic carbocycles. The number of hydrogen-bond donors (Lipinski definition) is 3. The van der Waals surface area contributed by atoms with E-state index in [0.29, 0.717) is 6.42 Å². The van der Waals surface area contributed by atoms with Crippen molar-refractivity contribution in [3.05, 3.63) is 0 Å². The van der Waals surface area contributed by atoms with Gasteiger partial charge in [-0.2, -0.15) is 0 Å². The Labute approximate surface area is 86.2 Å². The Bertz CT molecular complexity index is 308. The van der Waals surface area contributed by atoms with Crippen molar-refractivity contribution in [3.63, 3.8) is 0 Å². The number of aliphatic hydroxyl groups excluding tert-OH is 1. The Kier molecular flexibility index (Phi) is 2.67. The van der Waals surface area contributed by atoms with Crippen LogP contribution in [-0.4, -0.2) is 52.7 Å². The fourth-order valence-corrected chi connectivity index (χ4v) is 2.11. The molecule has 5 atom stereocenters. The first kappa shape index (κ1) is 11.5. The van der Waals surface area contributed by atoms with Gasteiger partial charge in [0.05, 0.1) is 12.7 Å². The Hall–Kier alpha value is -0.0100. The van der Waals surface area contributed by atoms with Crippen LogP contribution in [0.1, 0.15) is 6.42 Å². The molecule has 0 aromatic heterocycles. The second kappa shape index (κ2) is 3.49. The number of ether oxygens (including phenoxy) is 1. The van der Waals surface area contributed by atoms with Crippen LogP contribution in [0.3, 0.4) is 0 Å². The van der Waals surface area contributed by atoms with Crippen molar-refractivity contribution in [2.24, 2.45) is 0 Å². The third-order valence-corrected chi connectivity index (χ3v) is 3.68. The van der Waals surface area contributed by atoms with Crippen LogP contribution in [0.2, 0.25) is 0 Å². The molecule has 7 nitrogen and oxygen atoms in total. The summed E-state index contributed by atoms with van der Waals surface area (Å²) in [6.45, 7) is -0.290. The first-order valence-electron chi connectivity index (χ1n) is 4.48. The van der Waals surface area contributed by atoms with Crippen molar-refractivity contribution < 1.29 is 33.5 Å². The normalized spacial score (nSPS) is 47.3. The zero-order chi connectivity index (χ0) is 11.3. The molecule has 2 fully saturated rings. The summed E-state index contributed by atoms with van der Waals surface area (Å²) in [7, 11) is -3.01. The molecule has 3 N–H and O–H groups in total. The standard InChI is InChI=1S/C7H13O7P/c1-12-15(10,11)13-3-4-6(8)7(9)2-5(7)14-4/h4-6,8-9H,2-3H2,1H3,(H,10,11)/t4-,5+,6?,7?/m1/s1. The molecule has 0 bridgehead atoms. The molecule has 0 aromatic carbocycles. The predicted molar refractivity (Wildman–Crippen MR) is 47.0 cm³/mol. The minimum absolute atomic E-state index is 0.290. The van der Waals surface area contributed by atoms with E-state index < -0.39 is 25.6 Å². The van der Waals surface area contributed by atoms with Crippen LogP contribution < -0.4 is 0 Å². The monoisotopic (exact) mass is 240 g/mol. The van der Waals surface area contributed by atoms with Crippen LogP contribution in [0.15, 0.2) is 0 Å². The van der Waals surface area contributed by atoms with E-state index in [4.69, 9.17) is 9.63 Å². The summed E-state index contributed by atoms with van der Waals surface area (Å²) in [6, 6.07) is 0. The van der Waals surface area contributed by atoms with E-state index >= 15 is 0 Å². The third kappa shape index (κ3) is 1.97. The summed E-state index contributed by atoms with van der Waals surface area (Å²) in [5.74, 6) is 0. The first-order chi connectivity index (χ1) is 6.89. The number of rotatable bonds is 4. The number of phosphoric acid groups is 1. The lowest BCUT2D eigenvalue weighted by Crippen LogP contribution is -2.37. The quantitative estimate of drug-likeness (QED) is 0.542. The molecule has 1 aliphatic heterocycles. The number of phosphoric ester groups is 1. The molecule has 88 valence electrons. The molecule has 0 aromatic rings. The molecule has 8 heteroatoms. The molecule has 1 heterocycles. The van der Waals surface area contributed by atoms with Crippen LogP contribution in [0.25, 0.3) is 0 Å². The van der Waals surface area contributed by atoms with Gasteiger partial charge in [-0.05, 0) is 0 Å². The fraction of sp³-hybridized carbons (Fsp3) is 1.00. The van der Waals surface area contributed by atoms with Crippen LogP contribution >= 0.6 is 7.82 Å². The molecular formula is C7H13O7P. The molecule has 1 saturated carbocycles. The van der Waals surface area contributed by atoms with Gasteiger partial charge in [0.25, 0.3) is 0 Å². The van der Waals surface area contributed by atoms with E-state index in [0.717, 1.165) is 7.11 Å². The van der Waals surface area contributed by atoms with Gasteiger partial charge in [-0.25, -0.2) is 4.57 Å². The summed E-state index contributed by atoms with van der Waals surface area (Å²) in [4.78, 5) is 8.92. The molecule has 2 aliphatic rings. The number of fused-ring (bicyclic) bond motifs is 1. The first-order valence-corrected chi connectivity index (χ1v) is 5.97. The summed E-state index contributed by atoms with van der Waals surface area (Å²) in [5.41, 5.74) is -1.19. The smallest absolute Gasteiger partial charge is 0.387 e. The van der Waals surface area contributed by atoms with Crippen LogP contribution in [0.5, 0.6) is 0 Å². The van der Waals surface area contributed by atoms with Crippen molar-refractivity contribution in [1.82, 2.24) is 0 Å². The second-order valence-corrected chi connectivity index (χ2v) is 5.31. The third-order valence-electron chi connectivity index (χ3n) is 2.75. The lowest BCUT2D eigenvalue weighted by atomic mass is 10.1. The molecule has 15 heavy (non-hydrogen) atoms. The van der Waals surface area contributed by atoms with Gasteiger partial charge >= 0.3 is 7.82 Å². The lowest BCUT2D eigenvalue weighted by molar-refractivity contribution is -0.0486. The van der Waals surface area contributed by atoms with E-state index in [1.165, 1.54) is 0 Å². The summed E-state index contributed by atoms with van der Waals surface area (Å²) in [6.07, 6.45) is -1.86. The van der Waals surface area contributed by atoms with E-state index in [1.807, 2.05) is 0 Å². The van der Waals surface area contributed by atoms with E-state index in [2.05, 4.69) is 9.05 Å². The average Bonchev–Trinajstić information content (AvgIpc) is 2.78. The average molecular weight is 240 g/mol. The van der Waals surface area contributed by atoms with E-state index in [9.17, 15) is 14.8 Å². The summed E-state index contributed by atoms with van der Waals surface area (Å²) < 4.78 is 24.8. The van der Waals surface area contributed by atoms with Crippen molar-refractivity contribution in [2.75, 3.05) is 13.7 Å². The Morgan fingerprint density at radius 3 is 2.80 bits per heavy atom. The maximum Gasteiger partial charge on any atom is 0.472 e. The van der Waals surface area contributed by atoms with Gasteiger partial charge in [-0.3, -0.25) is 9.05 Å². The Balaban J connectivity index is 1.85. The largest absolute Gasteiger partial charge is 0.472 e. The van der Waals surface area contributed by atoms with Crippen LogP contribution in [0.4, 0.5) is 0 Å². The topological polar surface area (TPSA) is 105 Å². The molecule has 3 unspecified atom stereocenters. The highest BCUT2D eigenvalue weighted by Crippen LogP contribution is 2.51. The van der Waals surface area contributed by atoms with Gasteiger partial charge in [0, 0.05) is 13.5 Å². The zero-order valence-corrected chi connectivity index (χ0v) is 8.96. The molecule has 0 amide bonds. The van der Waals surface area contributed by atoms with Gasteiger partial charge in [0.2, 0.25) is 0 Å². The van der Waals surface area contributed by atoms with E-state index in [1.54, 1.807) is 0 Å². The summed E-state index contributed by atoms with van der Waals surface area (Å²) in [5, 5.41) is 19.2. The highest BCUT2D eigenvalue weighted by atomic mass is 31.2. The van der Waals surface area contributed by atoms with Gasteiger partial charge in [-0.1, -0.05) is 0 Å². The molecule has 0 spiro atoms. The van der Waals surface area contributed by atoms with Crippen molar-refractivity contribution in [3.8, 4) is 0 Å². The molecule has 2 rings (SSSR count). The Morgan fingerprint density at radius 1 is 1.67 bits per heavy atom. The van der Waals surface area contributed by atoms with Gasteiger partial charge in [0.1, 0.15) is 17.8 Å². The van der Waals surface area contributed by atoms with Crippen molar-refractivity contribution in [1.29, 1.82) is 0 Å². The minimum Gasteiger partial charge on any atom is -0.387 e. The lowest BCUT2D eigenvalue weighted by Gasteiger charge is -2.19. The fourth-order valence-electron chi connectivity index (χ4n) is 1.67. The predicted octanol–water partition coefficient (Wildman–Crippen LogP) is -0.987. The minimum atomic E-state index is -4.05. The maximum atomic E-state index is 10.9. The summed E-state index contributed by atoms with van der Waals surface area (Å²) >= 11 is 0. The number of aliphatic hydroxyl groups is 2. The molecular weight excluding hydrogens is 227 g/mol. The highest BCUT2D eigenvalue weighted by molar-refractivity contribution is 7.47. The highest BCUT2D eigenvalue weighted by Gasteiger charge is 2.67. The Morgan fingerprint density at radius 2 is 2.33 bits per heavy atom. The zero-order valence-electron chi connectivity index (χ0n) is 8.07. The van der Waals surface area contributed by atoms with Gasteiger partial charge in [0.15, 0.2) is 0 Å². The van der Waals surface area contributed by atoms with Crippen molar-refractivity contribution in [2.45, 2.75) is 30.3 Å². The molecule has 0 radical (unpaired) electrons. The van der Waals surface area contributed by atoms with Gasteiger partial charge < -0.3 is 19.8 Å². The number of hydrogen-bond acceptors (Lipinski definition) is 6. The SMILES string of the molecule is COP(=O)(O)OC[C@H]1O[C@H]2CC2(O)C1O. The van der Waals surface area contributed by atoms with E-state index in [-0.39, 0.29) is 12.7 Å². The van der Waals surface area contributed by atoms with Crippen LogP contribution in [0, 0.1) is 0 Å². The maximum absolute atomic E-state index is 10.9. The molecule has 1 saturated heterocycles. The second-order valence-electron chi connectivity index (χ2n) is 3.75.